The van der Waals surface area contributed by atoms with Gasteiger partial charge in [-0.1, -0.05) is 36.4 Å². The minimum absolute atomic E-state index is 0.103. The summed E-state index contributed by atoms with van der Waals surface area (Å²) in [7, 11) is 1.24. The predicted molar refractivity (Wildman–Crippen MR) is 80.0 cm³/mol. The van der Waals surface area contributed by atoms with Gasteiger partial charge in [0.15, 0.2) is 5.78 Å². The normalized spacial score (nSPS) is 13.0. The van der Waals surface area contributed by atoms with Crippen LogP contribution < -0.4 is 0 Å². The summed E-state index contributed by atoms with van der Waals surface area (Å²) in [6, 6.07) is 8.79. The van der Waals surface area contributed by atoms with E-state index in [0.29, 0.717) is 5.56 Å². The number of benzene rings is 1. The van der Waals surface area contributed by atoms with Crippen LogP contribution in [0.3, 0.4) is 0 Å². The quantitative estimate of drug-likeness (QED) is 0.319. The van der Waals surface area contributed by atoms with Crippen molar-refractivity contribution < 1.29 is 19.1 Å². The minimum Gasteiger partial charge on any atom is -0.468 e. The summed E-state index contributed by atoms with van der Waals surface area (Å²) in [6.07, 6.45) is 1.89. The Kier molecular flexibility index (Phi) is 6.03. The molecular weight excluding hydrogens is 268 g/mol. The first-order valence-corrected chi connectivity index (χ1v) is 6.76. The topological polar surface area (TPSA) is 60.4 Å². The lowest BCUT2D eigenvalue weighted by atomic mass is 9.76. The van der Waals surface area contributed by atoms with E-state index < -0.39 is 11.4 Å². The number of esters is 1. The van der Waals surface area contributed by atoms with Gasteiger partial charge < -0.3 is 4.74 Å². The summed E-state index contributed by atoms with van der Waals surface area (Å²) in [5.74, 6) is -1.03. The SMILES string of the molecule is C=CCC(CCC(=O)c1ccccc1)(C(C)=O)C(=O)OC. The molecule has 0 bridgehead atoms. The van der Waals surface area contributed by atoms with Gasteiger partial charge in [-0.15, -0.1) is 6.58 Å². The highest BCUT2D eigenvalue weighted by atomic mass is 16.5. The molecule has 0 aliphatic heterocycles. The lowest BCUT2D eigenvalue weighted by molar-refractivity contribution is -0.157. The fourth-order valence-corrected chi connectivity index (χ4v) is 2.29. The van der Waals surface area contributed by atoms with Gasteiger partial charge in [-0.05, 0) is 19.8 Å². The van der Waals surface area contributed by atoms with Crippen molar-refractivity contribution in [3.63, 3.8) is 0 Å². The number of allylic oxidation sites excluding steroid dienone is 1. The van der Waals surface area contributed by atoms with Crippen LogP contribution in [-0.4, -0.2) is 24.6 Å². The van der Waals surface area contributed by atoms with Gasteiger partial charge in [0.2, 0.25) is 0 Å². The molecule has 112 valence electrons. The molecule has 4 nitrogen and oxygen atoms in total. The minimum atomic E-state index is -1.32. The van der Waals surface area contributed by atoms with Gasteiger partial charge in [0.05, 0.1) is 7.11 Å². The van der Waals surface area contributed by atoms with Crippen molar-refractivity contribution in [2.45, 2.75) is 26.2 Å². The summed E-state index contributed by atoms with van der Waals surface area (Å²) in [5.41, 5.74) is -0.751. The maximum Gasteiger partial charge on any atom is 0.319 e. The van der Waals surface area contributed by atoms with Crippen LogP contribution in [0.15, 0.2) is 43.0 Å². The van der Waals surface area contributed by atoms with Crippen LogP contribution in [0, 0.1) is 5.41 Å². The maximum atomic E-state index is 12.1. The van der Waals surface area contributed by atoms with Gasteiger partial charge in [0.25, 0.3) is 0 Å². The first-order chi connectivity index (χ1) is 9.97. The summed E-state index contributed by atoms with van der Waals surface area (Å²) in [4.78, 5) is 36.1. The van der Waals surface area contributed by atoms with Crippen molar-refractivity contribution in [2.24, 2.45) is 5.41 Å². The average Bonchev–Trinajstić information content (AvgIpc) is 2.50. The highest BCUT2D eigenvalue weighted by molar-refractivity contribution is 6.04. The largest absolute Gasteiger partial charge is 0.468 e. The van der Waals surface area contributed by atoms with E-state index in [1.54, 1.807) is 24.3 Å². The molecule has 0 saturated carbocycles. The number of ether oxygens (including phenoxy) is 1. The summed E-state index contributed by atoms with van der Waals surface area (Å²) < 4.78 is 4.75. The average molecular weight is 288 g/mol. The Bertz CT molecular complexity index is 533. The molecule has 0 saturated heterocycles. The van der Waals surface area contributed by atoms with Gasteiger partial charge in [0.1, 0.15) is 11.2 Å². The molecule has 1 unspecified atom stereocenters. The van der Waals surface area contributed by atoms with Crippen LogP contribution in [0.4, 0.5) is 0 Å². The van der Waals surface area contributed by atoms with Gasteiger partial charge in [0, 0.05) is 12.0 Å². The molecule has 0 aromatic heterocycles. The van der Waals surface area contributed by atoms with E-state index in [4.69, 9.17) is 4.74 Å². The van der Waals surface area contributed by atoms with E-state index in [9.17, 15) is 14.4 Å². The molecule has 0 heterocycles. The molecule has 0 N–H and O–H groups in total. The molecule has 1 aromatic carbocycles. The molecule has 0 spiro atoms. The third-order valence-electron chi connectivity index (χ3n) is 3.62. The van der Waals surface area contributed by atoms with Crippen molar-refractivity contribution in [1.29, 1.82) is 0 Å². The molecule has 0 fully saturated rings. The van der Waals surface area contributed by atoms with E-state index in [1.165, 1.54) is 20.1 Å². The molecule has 4 heteroatoms. The van der Waals surface area contributed by atoms with E-state index in [-0.39, 0.29) is 30.8 Å². The standard InChI is InChI=1S/C17H20O4/c1-4-11-17(13(2)18,16(20)21-3)12-10-15(19)14-8-6-5-7-9-14/h4-9H,1,10-12H2,2-3H3. The number of methoxy groups -OCH3 is 1. The van der Waals surface area contributed by atoms with Crippen LogP contribution in [0.5, 0.6) is 0 Å². The summed E-state index contributed by atoms with van der Waals surface area (Å²) in [5, 5.41) is 0. The molecule has 0 aliphatic rings. The number of hydrogen-bond donors (Lipinski definition) is 0. The number of hydrogen-bond acceptors (Lipinski definition) is 4. The molecule has 1 rings (SSSR count). The van der Waals surface area contributed by atoms with Crippen LogP contribution in [0.1, 0.15) is 36.5 Å². The molecule has 0 aliphatic carbocycles. The summed E-state index contributed by atoms with van der Waals surface area (Å²) in [6.45, 7) is 4.93. The Balaban J connectivity index is 2.92. The zero-order chi connectivity index (χ0) is 15.9. The molecule has 1 aromatic rings. The lowest BCUT2D eigenvalue weighted by Gasteiger charge is -2.26. The molecule has 0 radical (unpaired) electrons. The van der Waals surface area contributed by atoms with Gasteiger partial charge >= 0.3 is 5.97 Å². The van der Waals surface area contributed by atoms with Crippen LogP contribution in [0.2, 0.25) is 0 Å². The fourth-order valence-electron chi connectivity index (χ4n) is 2.29. The highest BCUT2D eigenvalue weighted by Crippen LogP contribution is 2.32. The van der Waals surface area contributed by atoms with Crippen molar-refractivity contribution in [3.05, 3.63) is 48.6 Å². The van der Waals surface area contributed by atoms with Gasteiger partial charge in [-0.3, -0.25) is 14.4 Å². The van der Waals surface area contributed by atoms with Crippen molar-refractivity contribution in [2.75, 3.05) is 7.11 Å². The highest BCUT2D eigenvalue weighted by Gasteiger charge is 2.43. The number of ketones is 2. The first-order valence-electron chi connectivity index (χ1n) is 6.76. The smallest absolute Gasteiger partial charge is 0.319 e. The van der Waals surface area contributed by atoms with E-state index >= 15 is 0 Å². The van der Waals surface area contributed by atoms with Gasteiger partial charge in [-0.2, -0.15) is 0 Å². The number of Topliss-reactive ketones (excluding diaryl/α,β-unsaturated/α-hetero) is 2. The van der Waals surface area contributed by atoms with Crippen molar-refractivity contribution in [3.8, 4) is 0 Å². The number of rotatable bonds is 8. The Morgan fingerprint density at radius 1 is 1.24 bits per heavy atom. The van der Waals surface area contributed by atoms with Crippen molar-refractivity contribution in [1.82, 2.24) is 0 Å². The molecule has 21 heavy (non-hydrogen) atoms. The van der Waals surface area contributed by atoms with Gasteiger partial charge in [-0.25, -0.2) is 0 Å². The second kappa shape index (κ2) is 7.53. The van der Waals surface area contributed by atoms with E-state index in [0.717, 1.165) is 0 Å². The Morgan fingerprint density at radius 2 is 1.86 bits per heavy atom. The predicted octanol–water partition coefficient (Wildman–Crippen LogP) is 2.97. The molecule has 0 amide bonds. The van der Waals surface area contributed by atoms with Crippen LogP contribution >= 0.6 is 0 Å². The summed E-state index contributed by atoms with van der Waals surface area (Å²) >= 11 is 0. The Morgan fingerprint density at radius 3 is 2.33 bits per heavy atom. The van der Waals surface area contributed by atoms with Crippen molar-refractivity contribution >= 4 is 17.5 Å². The second-order valence-corrected chi connectivity index (χ2v) is 4.91. The zero-order valence-electron chi connectivity index (χ0n) is 12.4. The zero-order valence-corrected chi connectivity index (χ0v) is 12.4. The lowest BCUT2D eigenvalue weighted by Crippen LogP contribution is -2.39. The first kappa shape index (κ1) is 16.8. The molecular formula is C17H20O4. The Labute approximate surface area is 124 Å². The maximum absolute atomic E-state index is 12.1. The third-order valence-corrected chi connectivity index (χ3v) is 3.62. The second-order valence-electron chi connectivity index (χ2n) is 4.91. The van der Waals surface area contributed by atoms with E-state index in [1.807, 2.05) is 6.07 Å². The number of carbonyl (C=O) groups is 3. The Hall–Kier alpha value is -2.23. The fraction of sp³-hybridized carbons (Fsp3) is 0.353. The van der Waals surface area contributed by atoms with E-state index in [2.05, 4.69) is 6.58 Å². The monoisotopic (exact) mass is 288 g/mol. The molecule has 1 atom stereocenters. The number of carbonyl (C=O) groups excluding carboxylic acids is 3. The third kappa shape index (κ3) is 3.88. The van der Waals surface area contributed by atoms with Crippen LogP contribution in [0.25, 0.3) is 0 Å². The van der Waals surface area contributed by atoms with Crippen LogP contribution in [-0.2, 0) is 14.3 Å².